The van der Waals surface area contributed by atoms with Gasteiger partial charge in [0, 0.05) is 31.6 Å². The van der Waals surface area contributed by atoms with Crippen molar-refractivity contribution >= 4 is 0 Å². The van der Waals surface area contributed by atoms with E-state index in [0.29, 0.717) is 0 Å². The van der Waals surface area contributed by atoms with Gasteiger partial charge in [-0.25, -0.2) is 0 Å². The molecule has 1 fully saturated rings. The predicted octanol–water partition coefficient (Wildman–Crippen LogP) is 1.62. The maximum absolute atomic E-state index is 9.61. The molecule has 1 aliphatic rings. The number of rotatable bonds is 5. The Hall–Kier alpha value is -0.900. The third-order valence-electron chi connectivity index (χ3n) is 4.17. The Balaban J connectivity index is 2.07. The number of nitrogens with one attached hydrogen (secondary N) is 1. The predicted molar refractivity (Wildman–Crippen MR) is 79.4 cm³/mol. The minimum Gasteiger partial charge on any atom is -0.393 e. The quantitative estimate of drug-likeness (QED) is 0.846. The molecule has 2 rings (SSSR count). The Labute approximate surface area is 116 Å². The molecule has 1 saturated heterocycles. The van der Waals surface area contributed by atoms with Gasteiger partial charge in [-0.2, -0.15) is 0 Å². The van der Waals surface area contributed by atoms with Crippen LogP contribution in [0.15, 0.2) is 30.3 Å². The summed E-state index contributed by atoms with van der Waals surface area (Å²) < 4.78 is 0. The van der Waals surface area contributed by atoms with Crippen molar-refractivity contribution in [2.75, 3.05) is 33.2 Å². The first-order valence-electron chi connectivity index (χ1n) is 7.24. The summed E-state index contributed by atoms with van der Waals surface area (Å²) in [4.78, 5) is 2.48. The number of hydrogen-bond donors (Lipinski definition) is 2. The van der Waals surface area contributed by atoms with E-state index in [1.165, 1.54) is 5.56 Å². The first kappa shape index (κ1) is 14.5. The number of piperidine rings is 1. The van der Waals surface area contributed by atoms with Gasteiger partial charge in [0.25, 0.3) is 0 Å². The summed E-state index contributed by atoms with van der Waals surface area (Å²) >= 11 is 0. The third kappa shape index (κ3) is 3.78. The number of nitrogens with zero attached hydrogens (tertiary/aromatic N) is 1. The average Bonchev–Trinajstić information content (AvgIpc) is 2.43. The van der Waals surface area contributed by atoms with Gasteiger partial charge < -0.3 is 15.3 Å². The summed E-state index contributed by atoms with van der Waals surface area (Å²) in [5.41, 5.74) is 1.51. The number of likely N-dealkylation sites (N-methyl/N-ethyl adjacent to an activating group) is 1. The molecular formula is C16H26N2O. The van der Waals surface area contributed by atoms with Crippen LogP contribution >= 0.6 is 0 Å². The van der Waals surface area contributed by atoms with Gasteiger partial charge in [0.1, 0.15) is 0 Å². The van der Waals surface area contributed by atoms with Gasteiger partial charge in [0.2, 0.25) is 0 Å². The Morgan fingerprint density at radius 3 is 2.47 bits per heavy atom. The van der Waals surface area contributed by atoms with Gasteiger partial charge in [-0.3, -0.25) is 0 Å². The van der Waals surface area contributed by atoms with Crippen LogP contribution in [0.2, 0.25) is 0 Å². The molecule has 0 spiro atoms. The normalized spacial score (nSPS) is 21.2. The summed E-state index contributed by atoms with van der Waals surface area (Å²) in [6, 6.07) is 10.7. The van der Waals surface area contributed by atoms with E-state index >= 15 is 0 Å². The monoisotopic (exact) mass is 262 g/mol. The van der Waals surface area contributed by atoms with Crippen LogP contribution in [-0.4, -0.2) is 49.3 Å². The lowest BCUT2D eigenvalue weighted by Gasteiger charge is -2.38. The number of likely N-dealkylation sites (tertiary alicyclic amines) is 1. The van der Waals surface area contributed by atoms with E-state index < -0.39 is 0 Å². The van der Waals surface area contributed by atoms with Gasteiger partial charge >= 0.3 is 0 Å². The lowest BCUT2D eigenvalue weighted by Crippen LogP contribution is -2.47. The average molecular weight is 262 g/mol. The minimum absolute atomic E-state index is 0.0940. The second-order valence-corrected chi connectivity index (χ2v) is 5.96. The fourth-order valence-electron chi connectivity index (χ4n) is 3.05. The van der Waals surface area contributed by atoms with Gasteiger partial charge in [-0.15, -0.1) is 0 Å². The summed E-state index contributed by atoms with van der Waals surface area (Å²) in [5, 5.41) is 12.9. The first-order chi connectivity index (χ1) is 9.14. The standard InChI is InChI=1S/C16H26N2O/c1-16(12-17-2,14-6-4-3-5-7-14)13-18-10-8-15(19)9-11-18/h3-7,15,17,19H,8-13H2,1-2H3. The molecule has 0 aromatic heterocycles. The van der Waals surface area contributed by atoms with Crippen molar-refractivity contribution in [3.8, 4) is 0 Å². The molecule has 1 aromatic carbocycles. The van der Waals surface area contributed by atoms with E-state index in [9.17, 15) is 5.11 Å². The van der Waals surface area contributed by atoms with Crippen molar-refractivity contribution < 1.29 is 5.11 Å². The molecule has 1 heterocycles. The smallest absolute Gasteiger partial charge is 0.0564 e. The number of aliphatic hydroxyl groups excluding tert-OH is 1. The summed E-state index contributed by atoms with van der Waals surface area (Å²) in [5.74, 6) is 0. The van der Waals surface area contributed by atoms with E-state index in [1.807, 2.05) is 7.05 Å². The summed E-state index contributed by atoms with van der Waals surface area (Å²) in [6.07, 6.45) is 1.72. The molecular weight excluding hydrogens is 236 g/mol. The Morgan fingerprint density at radius 2 is 1.89 bits per heavy atom. The SMILES string of the molecule is CNCC(C)(CN1CCC(O)CC1)c1ccccc1. The zero-order valence-electron chi connectivity index (χ0n) is 12.1. The van der Waals surface area contributed by atoms with Crippen LogP contribution in [0.25, 0.3) is 0 Å². The van der Waals surface area contributed by atoms with Crippen LogP contribution in [0.5, 0.6) is 0 Å². The van der Waals surface area contributed by atoms with Crippen molar-refractivity contribution in [2.45, 2.75) is 31.3 Å². The molecule has 0 amide bonds. The minimum atomic E-state index is -0.0940. The van der Waals surface area contributed by atoms with Gasteiger partial charge in [-0.1, -0.05) is 37.3 Å². The highest BCUT2D eigenvalue weighted by Crippen LogP contribution is 2.25. The highest BCUT2D eigenvalue weighted by molar-refractivity contribution is 5.25. The van der Waals surface area contributed by atoms with E-state index in [-0.39, 0.29) is 11.5 Å². The highest BCUT2D eigenvalue weighted by Gasteiger charge is 2.30. The molecule has 1 aromatic rings. The van der Waals surface area contributed by atoms with Crippen LogP contribution in [0, 0.1) is 0 Å². The molecule has 19 heavy (non-hydrogen) atoms. The molecule has 1 atom stereocenters. The van der Waals surface area contributed by atoms with Crippen molar-refractivity contribution in [1.29, 1.82) is 0 Å². The number of benzene rings is 1. The largest absolute Gasteiger partial charge is 0.393 e. The van der Waals surface area contributed by atoms with Crippen molar-refractivity contribution in [2.24, 2.45) is 0 Å². The molecule has 0 saturated carbocycles. The summed E-state index contributed by atoms with van der Waals surface area (Å²) in [7, 11) is 2.02. The molecule has 0 aliphatic carbocycles. The maximum atomic E-state index is 9.61. The van der Waals surface area contributed by atoms with Crippen LogP contribution in [0.3, 0.4) is 0 Å². The lowest BCUT2D eigenvalue weighted by molar-refractivity contribution is 0.0717. The molecule has 3 heteroatoms. The summed E-state index contributed by atoms with van der Waals surface area (Å²) in [6.45, 7) is 6.35. The Kier molecular flexibility index (Phi) is 4.97. The van der Waals surface area contributed by atoms with Crippen LogP contribution in [-0.2, 0) is 5.41 Å². The van der Waals surface area contributed by atoms with E-state index in [2.05, 4.69) is 47.5 Å². The van der Waals surface area contributed by atoms with Crippen LogP contribution < -0.4 is 5.32 Å². The third-order valence-corrected chi connectivity index (χ3v) is 4.17. The van der Waals surface area contributed by atoms with E-state index in [1.54, 1.807) is 0 Å². The first-order valence-corrected chi connectivity index (χ1v) is 7.24. The molecule has 3 nitrogen and oxygen atoms in total. The molecule has 106 valence electrons. The van der Waals surface area contributed by atoms with Gasteiger partial charge in [-0.05, 0) is 25.5 Å². The second-order valence-electron chi connectivity index (χ2n) is 5.96. The molecule has 1 unspecified atom stereocenters. The highest BCUT2D eigenvalue weighted by atomic mass is 16.3. The molecule has 0 bridgehead atoms. The second kappa shape index (κ2) is 6.51. The zero-order valence-corrected chi connectivity index (χ0v) is 12.1. The van der Waals surface area contributed by atoms with Crippen molar-refractivity contribution in [3.05, 3.63) is 35.9 Å². The number of aliphatic hydroxyl groups is 1. The van der Waals surface area contributed by atoms with Crippen molar-refractivity contribution in [3.63, 3.8) is 0 Å². The van der Waals surface area contributed by atoms with Gasteiger partial charge in [0.05, 0.1) is 6.10 Å². The lowest BCUT2D eigenvalue weighted by atomic mass is 9.81. The van der Waals surface area contributed by atoms with Crippen LogP contribution in [0.4, 0.5) is 0 Å². The Morgan fingerprint density at radius 1 is 1.26 bits per heavy atom. The molecule has 0 radical (unpaired) electrons. The topological polar surface area (TPSA) is 35.5 Å². The Bertz CT molecular complexity index is 374. The van der Waals surface area contributed by atoms with E-state index in [0.717, 1.165) is 39.0 Å². The van der Waals surface area contributed by atoms with E-state index in [4.69, 9.17) is 0 Å². The zero-order chi connectivity index (χ0) is 13.7. The van der Waals surface area contributed by atoms with Crippen molar-refractivity contribution in [1.82, 2.24) is 10.2 Å². The fourth-order valence-corrected chi connectivity index (χ4v) is 3.05. The van der Waals surface area contributed by atoms with Crippen LogP contribution in [0.1, 0.15) is 25.3 Å². The fraction of sp³-hybridized carbons (Fsp3) is 0.625. The maximum Gasteiger partial charge on any atom is 0.0564 e. The van der Waals surface area contributed by atoms with Gasteiger partial charge in [0.15, 0.2) is 0 Å². The molecule has 1 aliphatic heterocycles. The number of hydrogen-bond acceptors (Lipinski definition) is 3. The molecule has 2 N–H and O–H groups in total.